The molecule has 3 aromatic rings. The first kappa shape index (κ1) is 18.0. The van der Waals surface area contributed by atoms with E-state index in [1.165, 1.54) is 18.3 Å². The fraction of sp³-hybridized carbons (Fsp3) is 0.222. The van der Waals surface area contributed by atoms with Crippen LogP contribution in [0.4, 0.5) is 24.5 Å². The Morgan fingerprint density at radius 3 is 2.61 bits per heavy atom. The van der Waals surface area contributed by atoms with Gasteiger partial charge in [-0.3, -0.25) is 4.79 Å². The third-order valence-corrected chi connectivity index (χ3v) is 4.29. The van der Waals surface area contributed by atoms with E-state index in [4.69, 9.17) is 4.42 Å². The highest BCUT2D eigenvalue weighted by molar-refractivity contribution is 5.84. The Balaban J connectivity index is 1.59. The zero-order valence-corrected chi connectivity index (χ0v) is 14.3. The topological polar surface area (TPSA) is 92.9 Å². The van der Waals surface area contributed by atoms with Crippen LogP contribution in [-0.4, -0.2) is 27.6 Å². The summed E-state index contributed by atoms with van der Waals surface area (Å²) in [5.41, 5.74) is 0.519. The number of nitrogens with zero attached hydrogens (tertiary/aromatic N) is 3. The van der Waals surface area contributed by atoms with Gasteiger partial charge in [0, 0.05) is 18.4 Å². The van der Waals surface area contributed by atoms with Crippen LogP contribution in [0.5, 0.6) is 0 Å². The molecule has 1 aliphatic rings. The van der Waals surface area contributed by atoms with Crippen LogP contribution < -0.4 is 10.6 Å². The molecule has 1 saturated heterocycles. The van der Waals surface area contributed by atoms with E-state index in [1.807, 2.05) is 0 Å². The van der Waals surface area contributed by atoms with Crippen LogP contribution in [0.1, 0.15) is 23.8 Å². The predicted octanol–water partition coefficient (Wildman–Crippen LogP) is 3.50. The highest BCUT2D eigenvalue weighted by Gasteiger charge is 2.32. The van der Waals surface area contributed by atoms with Crippen molar-refractivity contribution in [1.82, 2.24) is 20.5 Å². The van der Waals surface area contributed by atoms with Crippen LogP contribution >= 0.6 is 0 Å². The largest absolute Gasteiger partial charge is 0.418 e. The third kappa shape index (κ3) is 3.53. The molecule has 0 bridgehead atoms. The summed E-state index contributed by atoms with van der Waals surface area (Å²) in [5.74, 6) is -0.337. The molecule has 0 aliphatic carbocycles. The first-order chi connectivity index (χ1) is 13.4. The first-order valence-corrected chi connectivity index (χ1v) is 8.42. The van der Waals surface area contributed by atoms with Crippen LogP contribution in [0.25, 0.3) is 11.6 Å². The third-order valence-electron chi connectivity index (χ3n) is 4.29. The molecule has 1 aliphatic heterocycles. The van der Waals surface area contributed by atoms with E-state index in [0.29, 0.717) is 30.0 Å². The van der Waals surface area contributed by atoms with Crippen LogP contribution in [0, 0.1) is 0 Å². The summed E-state index contributed by atoms with van der Waals surface area (Å²) >= 11 is 0. The van der Waals surface area contributed by atoms with Gasteiger partial charge in [0.1, 0.15) is 5.92 Å². The molecule has 0 radical (unpaired) electrons. The van der Waals surface area contributed by atoms with Crippen LogP contribution in [-0.2, 0) is 11.0 Å². The molecular formula is C18H14F3N5O2. The summed E-state index contributed by atoms with van der Waals surface area (Å²) in [5, 5.41) is 13.6. The van der Waals surface area contributed by atoms with Gasteiger partial charge in [0.15, 0.2) is 5.69 Å². The Labute approximate surface area is 157 Å². The molecule has 1 aromatic carbocycles. The van der Waals surface area contributed by atoms with Crippen molar-refractivity contribution in [3.8, 4) is 11.6 Å². The van der Waals surface area contributed by atoms with Gasteiger partial charge in [-0.05, 0) is 42.8 Å². The molecule has 2 aromatic heterocycles. The van der Waals surface area contributed by atoms with E-state index < -0.39 is 17.7 Å². The van der Waals surface area contributed by atoms with Crippen LogP contribution in [0.15, 0.2) is 47.0 Å². The number of alkyl halides is 3. The fourth-order valence-electron chi connectivity index (χ4n) is 2.88. The number of hydrogen-bond donors (Lipinski definition) is 2. The Morgan fingerprint density at radius 1 is 1.14 bits per heavy atom. The molecule has 1 unspecified atom stereocenters. The minimum atomic E-state index is -4.40. The number of hydrogen-bond acceptors (Lipinski definition) is 6. The number of amides is 1. The van der Waals surface area contributed by atoms with Gasteiger partial charge in [0.2, 0.25) is 11.8 Å². The highest BCUT2D eigenvalue weighted by Crippen LogP contribution is 2.32. The average Bonchev–Trinajstić information content (AvgIpc) is 3.31. The smallest absolute Gasteiger partial charge is 0.416 e. The van der Waals surface area contributed by atoms with Crippen molar-refractivity contribution in [2.75, 3.05) is 11.9 Å². The van der Waals surface area contributed by atoms with E-state index in [-0.39, 0.29) is 17.7 Å². The number of nitrogens with one attached hydrogen (secondary N) is 2. The second-order valence-corrected chi connectivity index (χ2v) is 6.18. The molecule has 4 rings (SSSR count). The zero-order chi connectivity index (χ0) is 19.7. The van der Waals surface area contributed by atoms with Crippen molar-refractivity contribution in [2.24, 2.45) is 0 Å². The molecule has 1 amide bonds. The number of rotatable bonds is 4. The molecule has 144 valence electrons. The van der Waals surface area contributed by atoms with Gasteiger partial charge in [0.25, 0.3) is 5.89 Å². The first-order valence-electron chi connectivity index (χ1n) is 8.42. The number of aromatic nitrogens is 3. The van der Waals surface area contributed by atoms with Crippen molar-refractivity contribution in [3.63, 3.8) is 0 Å². The molecule has 0 saturated carbocycles. The Morgan fingerprint density at radius 2 is 1.93 bits per heavy atom. The lowest BCUT2D eigenvalue weighted by Gasteiger charge is -2.11. The summed E-state index contributed by atoms with van der Waals surface area (Å²) in [6.07, 6.45) is -2.30. The van der Waals surface area contributed by atoms with Crippen molar-refractivity contribution < 1.29 is 22.4 Å². The summed E-state index contributed by atoms with van der Waals surface area (Å²) in [6, 6.07) is 7.97. The van der Waals surface area contributed by atoms with Gasteiger partial charge in [-0.1, -0.05) is 0 Å². The minimum Gasteiger partial charge on any atom is -0.418 e. The average molecular weight is 389 g/mol. The quantitative estimate of drug-likeness (QED) is 0.710. The fourth-order valence-corrected chi connectivity index (χ4v) is 2.88. The van der Waals surface area contributed by atoms with Gasteiger partial charge in [-0.25, -0.2) is 4.98 Å². The van der Waals surface area contributed by atoms with E-state index >= 15 is 0 Å². The van der Waals surface area contributed by atoms with Crippen molar-refractivity contribution in [2.45, 2.75) is 18.5 Å². The number of anilines is 2. The lowest BCUT2D eigenvalue weighted by molar-refractivity contribution is -0.137. The predicted molar refractivity (Wildman–Crippen MR) is 92.6 cm³/mol. The maximum Gasteiger partial charge on any atom is 0.416 e. The number of pyridine rings is 1. The molecule has 2 N–H and O–H groups in total. The minimum absolute atomic E-state index is 0.115. The van der Waals surface area contributed by atoms with Gasteiger partial charge < -0.3 is 15.1 Å². The maximum atomic E-state index is 12.7. The molecule has 10 heteroatoms. The standard InChI is InChI=1S/C18H14F3N5O2/c19-18(20,21)10-3-5-11(6-4-10)24-13-2-1-8-22-14(13)17-26-25-16(28-17)12-7-9-23-15(12)27/h1-6,8,12,24H,7,9H2,(H,23,27). The van der Waals surface area contributed by atoms with E-state index in [0.717, 1.165) is 12.1 Å². The summed E-state index contributed by atoms with van der Waals surface area (Å²) < 4.78 is 43.7. The van der Waals surface area contributed by atoms with Crippen molar-refractivity contribution >= 4 is 17.3 Å². The monoisotopic (exact) mass is 389 g/mol. The summed E-state index contributed by atoms with van der Waals surface area (Å²) in [4.78, 5) is 16.0. The van der Waals surface area contributed by atoms with Gasteiger partial charge in [0.05, 0.1) is 11.3 Å². The Bertz CT molecular complexity index is 1000. The molecular weight excluding hydrogens is 375 g/mol. The zero-order valence-electron chi connectivity index (χ0n) is 14.3. The lowest BCUT2D eigenvalue weighted by Crippen LogP contribution is -2.18. The second-order valence-electron chi connectivity index (χ2n) is 6.18. The number of carbonyl (C=O) groups is 1. The van der Waals surface area contributed by atoms with E-state index in [2.05, 4.69) is 25.8 Å². The molecule has 3 heterocycles. The summed E-state index contributed by atoms with van der Waals surface area (Å²) in [6.45, 7) is 0.547. The SMILES string of the molecule is O=C1NCCC1c1nnc(-c2ncccc2Nc2ccc(C(F)(F)F)cc2)o1. The molecule has 1 atom stereocenters. The normalized spacial score (nSPS) is 16.8. The van der Waals surface area contributed by atoms with Crippen molar-refractivity contribution in [3.05, 3.63) is 54.0 Å². The van der Waals surface area contributed by atoms with Crippen LogP contribution in [0.2, 0.25) is 0 Å². The molecule has 7 nitrogen and oxygen atoms in total. The van der Waals surface area contributed by atoms with E-state index in [1.54, 1.807) is 12.1 Å². The molecule has 1 fully saturated rings. The van der Waals surface area contributed by atoms with Crippen LogP contribution in [0.3, 0.4) is 0 Å². The second kappa shape index (κ2) is 6.95. The number of carbonyl (C=O) groups excluding carboxylic acids is 1. The van der Waals surface area contributed by atoms with Crippen molar-refractivity contribution in [1.29, 1.82) is 0 Å². The van der Waals surface area contributed by atoms with Gasteiger partial charge in [-0.15, -0.1) is 10.2 Å². The Hall–Kier alpha value is -3.43. The highest BCUT2D eigenvalue weighted by atomic mass is 19.4. The van der Waals surface area contributed by atoms with Gasteiger partial charge in [-0.2, -0.15) is 13.2 Å². The number of halogens is 3. The molecule has 28 heavy (non-hydrogen) atoms. The van der Waals surface area contributed by atoms with E-state index in [9.17, 15) is 18.0 Å². The maximum absolute atomic E-state index is 12.7. The summed E-state index contributed by atoms with van der Waals surface area (Å²) in [7, 11) is 0. The number of benzene rings is 1. The molecule has 0 spiro atoms. The van der Waals surface area contributed by atoms with Gasteiger partial charge >= 0.3 is 6.18 Å². The Kier molecular flexibility index (Phi) is 4.46. The lowest BCUT2D eigenvalue weighted by atomic mass is 10.1.